The van der Waals surface area contributed by atoms with E-state index in [-0.39, 0.29) is 18.4 Å². The number of nitrogens with zero attached hydrogens (tertiary/aromatic N) is 2. The molecular formula is C15H22ClN3O. The zero-order valence-electron chi connectivity index (χ0n) is 12.2. The highest BCUT2D eigenvalue weighted by molar-refractivity contribution is 5.85. The van der Waals surface area contributed by atoms with E-state index >= 15 is 0 Å². The summed E-state index contributed by atoms with van der Waals surface area (Å²) in [6.45, 7) is 7.26. The number of aryl methyl sites for hydroxylation is 1. The smallest absolute Gasteiger partial charge is 0.243 e. The fourth-order valence-electron chi connectivity index (χ4n) is 1.87. The first-order valence-corrected chi connectivity index (χ1v) is 6.90. The number of aromatic nitrogens is 2. The van der Waals surface area contributed by atoms with Gasteiger partial charge in [0, 0.05) is 5.56 Å². The van der Waals surface area contributed by atoms with Crippen molar-refractivity contribution in [3.63, 3.8) is 0 Å². The maximum absolute atomic E-state index is 5.31. The second-order valence-electron chi connectivity index (χ2n) is 4.68. The molecule has 20 heavy (non-hydrogen) atoms. The molecule has 1 aromatic carbocycles. The summed E-state index contributed by atoms with van der Waals surface area (Å²) >= 11 is 0. The van der Waals surface area contributed by atoms with Crippen molar-refractivity contribution in [2.75, 3.05) is 6.54 Å². The van der Waals surface area contributed by atoms with E-state index in [0.717, 1.165) is 24.9 Å². The van der Waals surface area contributed by atoms with Crippen LogP contribution in [0.2, 0.25) is 0 Å². The molecule has 0 saturated heterocycles. The van der Waals surface area contributed by atoms with Crippen molar-refractivity contribution >= 4 is 12.4 Å². The third-order valence-electron chi connectivity index (χ3n) is 3.13. The summed E-state index contributed by atoms with van der Waals surface area (Å²) in [5.41, 5.74) is 2.31. The summed E-state index contributed by atoms with van der Waals surface area (Å²) < 4.78 is 5.31. The lowest BCUT2D eigenvalue weighted by atomic mass is 10.1. The molecular weight excluding hydrogens is 274 g/mol. The van der Waals surface area contributed by atoms with Gasteiger partial charge >= 0.3 is 0 Å². The third kappa shape index (κ3) is 4.05. The lowest BCUT2D eigenvalue weighted by molar-refractivity contribution is 0.340. The number of halogens is 1. The van der Waals surface area contributed by atoms with Crippen molar-refractivity contribution in [3.05, 3.63) is 35.7 Å². The third-order valence-corrected chi connectivity index (χ3v) is 3.13. The van der Waals surface area contributed by atoms with Gasteiger partial charge in [-0.15, -0.1) is 12.4 Å². The van der Waals surface area contributed by atoms with Gasteiger partial charge in [-0.25, -0.2) is 0 Å². The molecule has 0 aliphatic heterocycles. The van der Waals surface area contributed by atoms with Crippen LogP contribution in [-0.4, -0.2) is 16.7 Å². The lowest BCUT2D eigenvalue weighted by Crippen LogP contribution is -2.19. The fraction of sp³-hybridized carbons (Fsp3) is 0.467. The predicted molar refractivity (Wildman–Crippen MR) is 83.1 cm³/mol. The first-order chi connectivity index (χ1) is 9.24. The Bertz CT molecular complexity index is 510. The first-order valence-electron chi connectivity index (χ1n) is 6.90. The molecule has 4 nitrogen and oxygen atoms in total. The second kappa shape index (κ2) is 8.02. The second-order valence-corrected chi connectivity index (χ2v) is 4.68. The summed E-state index contributed by atoms with van der Waals surface area (Å²) in [5, 5.41) is 7.38. The van der Waals surface area contributed by atoms with E-state index in [0.29, 0.717) is 11.7 Å². The van der Waals surface area contributed by atoms with Crippen molar-refractivity contribution in [2.24, 2.45) is 0 Å². The Balaban J connectivity index is 0.00000200. The average Bonchev–Trinajstić information content (AvgIpc) is 2.94. The lowest BCUT2D eigenvalue weighted by Gasteiger charge is -2.06. The van der Waals surface area contributed by atoms with E-state index in [1.54, 1.807) is 0 Å². The van der Waals surface area contributed by atoms with Crippen molar-refractivity contribution in [2.45, 2.75) is 39.7 Å². The van der Waals surface area contributed by atoms with Gasteiger partial charge in [0.1, 0.15) is 0 Å². The minimum atomic E-state index is 0. The van der Waals surface area contributed by atoms with Gasteiger partial charge in [-0.2, -0.15) is 4.98 Å². The molecule has 2 aromatic rings. The quantitative estimate of drug-likeness (QED) is 0.881. The summed E-state index contributed by atoms with van der Waals surface area (Å²) in [6, 6.07) is 8.37. The van der Waals surface area contributed by atoms with Gasteiger partial charge in [0.05, 0.1) is 6.04 Å². The fourth-order valence-corrected chi connectivity index (χ4v) is 1.87. The van der Waals surface area contributed by atoms with Gasteiger partial charge in [0.15, 0.2) is 0 Å². The Hall–Kier alpha value is -1.39. The molecule has 110 valence electrons. The Labute approximate surface area is 126 Å². The Kier molecular flexibility index (Phi) is 6.68. The standard InChI is InChI=1S/C15H21N3O.ClH/c1-4-10-16-11(3)15-17-14(18-19-15)13-8-6-12(5-2)7-9-13;/h6-9,11,16H,4-5,10H2,1-3H3;1H. The molecule has 0 spiro atoms. The first kappa shape index (κ1) is 16.7. The highest BCUT2D eigenvalue weighted by Gasteiger charge is 2.14. The normalized spacial score (nSPS) is 11.9. The maximum atomic E-state index is 5.31. The van der Waals surface area contributed by atoms with E-state index in [1.807, 2.05) is 19.1 Å². The van der Waals surface area contributed by atoms with Crippen LogP contribution in [0.25, 0.3) is 11.4 Å². The van der Waals surface area contributed by atoms with Crippen molar-refractivity contribution in [3.8, 4) is 11.4 Å². The predicted octanol–water partition coefficient (Wildman–Crippen LogP) is 3.78. The molecule has 0 radical (unpaired) electrons. The van der Waals surface area contributed by atoms with Gasteiger partial charge in [0.25, 0.3) is 0 Å². The van der Waals surface area contributed by atoms with Gasteiger partial charge in [-0.05, 0) is 31.9 Å². The molecule has 1 unspecified atom stereocenters. The van der Waals surface area contributed by atoms with E-state index in [9.17, 15) is 0 Å². The SMILES string of the molecule is CCCNC(C)c1nc(-c2ccc(CC)cc2)no1.Cl. The number of nitrogens with one attached hydrogen (secondary N) is 1. The summed E-state index contributed by atoms with van der Waals surface area (Å²) in [7, 11) is 0. The molecule has 1 N–H and O–H groups in total. The minimum absolute atomic E-state index is 0. The molecule has 1 aromatic heterocycles. The number of rotatable bonds is 6. The van der Waals surface area contributed by atoms with E-state index in [1.165, 1.54) is 5.56 Å². The van der Waals surface area contributed by atoms with Crippen LogP contribution in [0.5, 0.6) is 0 Å². The highest BCUT2D eigenvalue weighted by Crippen LogP contribution is 2.19. The topological polar surface area (TPSA) is 51.0 Å². The minimum Gasteiger partial charge on any atom is -0.337 e. The van der Waals surface area contributed by atoms with Crippen LogP contribution in [0.1, 0.15) is 44.7 Å². The van der Waals surface area contributed by atoms with Gasteiger partial charge < -0.3 is 9.84 Å². The maximum Gasteiger partial charge on any atom is 0.243 e. The summed E-state index contributed by atoms with van der Waals surface area (Å²) in [5.74, 6) is 1.30. The molecule has 0 aliphatic rings. The van der Waals surface area contributed by atoms with Gasteiger partial charge in [-0.1, -0.05) is 43.3 Å². The van der Waals surface area contributed by atoms with Gasteiger partial charge in [-0.3, -0.25) is 0 Å². The summed E-state index contributed by atoms with van der Waals surface area (Å²) in [4.78, 5) is 4.45. The molecule has 0 fully saturated rings. The Morgan fingerprint density at radius 2 is 1.90 bits per heavy atom. The van der Waals surface area contributed by atoms with Crippen LogP contribution < -0.4 is 5.32 Å². The van der Waals surface area contributed by atoms with Crippen LogP contribution in [-0.2, 0) is 6.42 Å². The largest absolute Gasteiger partial charge is 0.337 e. The zero-order valence-corrected chi connectivity index (χ0v) is 13.0. The highest BCUT2D eigenvalue weighted by atomic mass is 35.5. The molecule has 0 saturated carbocycles. The number of hydrogen-bond donors (Lipinski definition) is 1. The van der Waals surface area contributed by atoms with E-state index < -0.39 is 0 Å². The van der Waals surface area contributed by atoms with Crippen molar-refractivity contribution in [1.82, 2.24) is 15.5 Å². The monoisotopic (exact) mass is 295 g/mol. The van der Waals surface area contributed by atoms with Crippen LogP contribution in [0.3, 0.4) is 0 Å². The molecule has 1 heterocycles. The number of benzene rings is 1. The molecule has 0 bridgehead atoms. The van der Waals surface area contributed by atoms with Crippen LogP contribution >= 0.6 is 12.4 Å². The molecule has 0 aliphatic carbocycles. The number of hydrogen-bond acceptors (Lipinski definition) is 4. The van der Waals surface area contributed by atoms with Crippen LogP contribution in [0.4, 0.5) is 0 Å². The Morgan fingerprint density at radius 1 is 1.20 bits per heavy atom. The average molecular weight is 296 g/mol. The molecule has 0 amide bonds. The van der Waals surface area contributed by atoms with E-state index in [4.69, 9.17) is 4.52 Å². The van der Waals surface area contributed by atoms with Gasteiger partial charge in [0.2, 0.25) is 11.7 Å². The van der Waals surface area contributed by atoms with Crippen LogP contribution in [0.15, 0.2) is 28.8 Å². The zero-order chi connectivity index (χ0) is 13.7. The van der Waals surface area contributed by atoms with Crippen LogP contribution in [0, 0.1) is 0 Å². The van der Waals surface area contributed by atoms with E-state index in [2.05, 4.69) is 41.4 Å². The molecule has 5 heteroatoms. The van der Waals surface area contributed by atoms with Crippen molar-refractivity contribution < 1.29 is 4.52 Å². The molecule has 1 atom stereocenters. The summed E-state index contributed by atoms with van der Waals surface area (Å²) in [6.07, 6.45) is 2.12. The van der Waals surface area contributed by atoms with Crippen molar-refractivity contribution in [1.29, 1.82) is 0 Å². The molecule has 2 rings (SSSR count). The Morgan fingerprint density at radius 3 is 2.50 bits per heavy atom.